The summed E-state index contributed by atoms with van der Waals surface area (Å²) in [6.07, 6.45) is 1.96. The number of sulfone groups is 1. The van der Waals surface area contributed by atoms with Crippen LogP contribution in [0.15, 0.2) is 29.2 Å². The van der Waals surface area contributed by atoms with Gasteiger partial charge in [0.2, 0.25) is 5.91 Å². The standard InChI is InChI=1S/C18H19ClN2O5S2/c1-20(14-6-8-28(25,26)11-14)16(22)5-7-21-17(23)15(27-18(21)24)10-12-3-2-4-13(19)9-12/h2-4,9-10,14H,5-8,11H2,1H3/b15-10-/t14-/m1/s1. The summed E-state index contributed by atoms with van der Waals surface area (Å²) in [5.41, 5.74) is 0.705. The Hall–Kier alpha value is -1.84. The molecule has 2 heterocycles. The van der Waals surface area contributed by atoms with Gasteiger partial charge >= 0.3 is 0 Å². The summed E-state index contributed by atoms with van der Waals surface area (Å²) in [6.45, 7) is -0.0415. The molecule has 0 spiro atoms. The van der Waals surface area contributed by atoms with E-state index in [-0.39, 0.29) is 41.3 Å². The van der Waals surface area contributed by atoms with Gasteiger partial charge in [0, 0.05) is 31.1 Å². The lowest BCUT2D eigenvalue weighted by molar-refractivity contribution is -0.132. The van der Waals surface area contributed by atoms with Gasteiger partial charge in [0.05, 0.1) is 16.4 Å². The van der Waals surface area contributed by atoms with E-state index in [0.29, 0.717) is 17.0 Å². The summed E-state index contributed by atoms with van der Waals surface area (Å²) in [5, 5.41) is 0.0905. The normalized spacial score (nSPS) is 22.9. The Bertz CT molecular complexity index is 960. The van der Waals surface area contributed by atoms with Crippen molar-refractivity contribution in [2.45, 2.75) is 18.9 Å². The van der Waals surface area contributed by atoms with Gasteiger partial charge in [0.1, 0.15) is 0 Å². The third-order valence-corrected chi connectivity index (χ3v) is 7.61. The summed E-state index contributed by atoms with van der Waals surface area (Å²) < 4.78 is 23.2. The number of hydrogen-bond acceptors (Lipinski definition) is 6. The molecule has 1 aromatic rings. The fraction of sp³-hybridized carbons (Fsp3) is 0.389. The van der Waals surface area contributed by atoms with Crippen molar-refractivity contribution >= 4 is 56.3 Å². The lowest BCUT2D eigenvalue weighted by Gasteiger charge is -2.24. The first-order chi connectivity index (χ1) is 13.2. The molecule has 0 saturated carbocycles. The minimum absolute atomic E-state index is 0.0415. The van der Waals surface area contributed by atoms with E-state index in [0.717, 1.165) is 16.7 Å². The van der Waals surface area contributed by atoms with Crippen molar-refractivity contribution in [1.29, 1.82) is 0 Å². The van der Waals surface area contributed by atoms with Crippen LogP contribution in [0.4, 0.5) is 4.79 Å². The number of carbonyl (C=O) groups excluding carboxylic acids is 3. The molecule has 7 nitrogen and oxygen atoms in total. The topological polar surface area (TPSA) is 91.8 Å². The Labute approximate surface area is 172 Å². The first-order valence-electron chi connectivity index (χ1n) is 8.63. The molecule has 2 aliphatic heterocycles. The van der Waals surface area contributed by atoms with Crippen LogP contribution in [0.1, 0.15) is 18.4 Å². The van der Waals surface area contributed by atoms with Crippen LogP contribution in [0.3, 0.4) is 0 Å². The molecule has 3 amide bonds. The van der Waals surface area contributed by atoms with E-state index in [1.807, 2.05) is 0 Å². The predicted molar refractivity (Wildman–Crippen MR) is 109 cm³/mol. The SMILES string of the molecule is CN(C(=O)CCN1C(=O)S/C(=C\c2cccc(Cl)c2)C1=O)[C@@H]1CCS(=O)(=O)C1. The Morgan fingerprint density at radius 2 is 2.14 bits per heavy atom. The molecule has 28 heavy (non-hydrogen) atoms. The van der Waals surface area contributed by atoms with E-state index in [2.05, 4.69) is 0 Å². The van der Waals surface area contributed by atoms with Crippen LogP contribution in [0, 0.1) is 0 Å². The van der Waals surface area contributed by atoms with Crippen molar-refractivity contribution in [3.63, 3.8) is 0 Å². The third-order valence-electron chi connectivity index (χ3n) is 4.72. The Balaban J connectivity index is 1.61. The van der Waals surface area contributed by atoms with Gasteiger partial charge in [-0.1, -0.05) is 23.7 Å². The molecule has 0 radical (unpaired) electrons. The smallest absolute Gasteiger partial charge is 0.293 e. The van der Waals surface area contributed by atoms with Crippen LogP contribution in [0.25, 0.3) is 6.08 Å². The number of amides is 3. The van der Waals surface area contributed by atoms with Gasteiger partial charge in [-0.25, -0.2) is 8.42 Å². The van der Waals surface area contributed by atoms with E-state index in [9.17, 15) is 22.8 Å². The highest BCUT2D eigenvalue weighted by molar-refractivity contribution is 8.18. The van der Waals surface area contributed by atoms with Crippen LogP contribution in [-0.4, -0.2) is 66.4 Å². The quantitative estimate of drug-likeness (QED) is 0.650. The molecule has 2 aliphatic rings. The third kappa shape index (κ3) is 4.76. The lowest BCUT2D eigenvalue weighted by Crippen LogP contribution is -2.40. The number of nitrogens with zero attached hydrogens (tertiary/aromatic N) is 2. The van der Waals surface area contributed by atoms with Crippen LogP contribution in [0.5, 0.6) is 0 Å². The van der Waals surface area contributed by atoms with Crippen molar-refractivity contribution in [2.24, 2.45) is 0 Å². The molecule has 0 N–H and O–H groups in total. The maximum atomic E-state index is 12.5. The molecule has 1 atom stereocenters. The van der Waals surface area contributed by atoms with Gasteiger partial charge in [-0.2, -0.15) is 0 Å². The molecule has 10 heteroatoms. The van der Waals surface area contributed by atoms with Crippen molar-refractivity contribution in [2.75, 3.05) is 25.1 Å². The Kier molecular flexibility index (Phi) is 6.16. The molecule has 2 saturated heterocycles. The molecular formula is C18H19ClN2O5S2. The van der Waals surface area contributed by atoms with Gasteiger partial charge in [-0.05, 0) is 42.0 Å². The summed E-state index contributed by atoms with van der Waals surface area (Å²) in [5.74, 6) is -0.708. The average molecular weight is 443 g/mol. The van der Waals surface area contributed by atoms with Crippen molar-refractivity contribution < 1.29 is 22.8 Å². The van der Waals surface area contributed by atoms with Crippen LogP contribution in [-0.2, 0) is 19.4 Å². The first kappa shape index (κ1) is 20.9. The van der Waals surface area contributed by atoms with E-state index >= 15 is 0 Å². The molecule has 0 unspecified atom stereocenters. The summed E-state index contributed by atoms with van der Waals surface area (Å²) in [4.78, 5) is 39.8. The molecule has 2 fully saturated rings. The Morgan fingerprint density at radius 1 is 1.39 bits per heavy atom. The highest BCUT2D eigenvalue weighted by Crippen LogP contribution is 2.32. The van der Waals surface area contributed by atoms with Crippen molar-refractivity contribution in [3.8, 4) is 0 Å². The fourth-order valence-corrected chi connectivity index (χ4v) is 5.95. The zero-order chi connectivity index (χ0) is 20.5. The van der Waals surface area contributed by atoms with Crippen LogP contribution in [0.2, 0.25) is 5.02 Å². The van der Waals surface area contributed by atoms with Gasteiger partial charge in [-0.15, -0.1) is 0 Å². The van der Waals surface area contributed by atoms with Gasteiger partial charge in [-0.3, -0.25) is 19.3 Å². The number of thioether (sulfide) groups is 1. The molecule has 0 aromatic heterocycles. The number of carbonyl (C=O) groups is 3. The monoisotopic (exact) mass is 442 g/mol. The number of imide groups is 1. The zero-order valence-corrected chi connectivity index (χ0v) is 17.5. The highest BCUT2D eigenvalue weighted by Gasteiger charge is 2.36. The molecule has 0 aliphatic carbocycles. The van der Waals surface area contributed by atoms with E-state index < -0.39 is 21.0 Å². The molecular weight excluding hydrogens is 424 g/mol. The molecule has 150 valence electrons. The Morgan fingerprint density at radius 3 is 2.79 bits per heavy atom. The van der Waals surface area contributed by atoms with E-state index in [1.54, 1.807) is 37.4 Å². The predicted octanol–water partition coefficient (Wildman–Crippen LogP) is 2.41. The number of halogens is 1. The largest absolute Gasteiger partial charge is 0.342 e. The van der Waals surface area contributed by atoms with Crippen molar-refractivity contribution in [1.82, 2.24) is 9.80 Å². The lowest BCUT2D eigenvalue weighted by atomic mass is 10.2. The van der Waals surface area contributed by atoms with Gasteiger partial charge in [0.15, 0.2) is 9.84 Å². The first-order valence-corrected chi connectivity index (χ1v) is 11.6. The van der Waals surface area contributed by atoms with Gasteiger partial charge < -0.3 is 4.90 Å². The number of benzene rings is 1. The summed E-state index contributed by atoms with van der Waals surface area (Å²) >= 11 is 6.75. The molecule has 1 aromatic carbocycles. The molecule has 3 rings (SSSR count). The fourth-order valence-electron chi connectivity index (χ4n) is 3.11. The zero-order valence-electron chi connectivity index (χ0n) is 15.1. The second kappa shape index (κ2) is 8.26. The number of hydrogen-bond donors (Lipinski definition) is 0. The van der Waals surface area contributed by atoms with Crippen LogP contribution < -0.4 is 0 Å². The second-order valence-electron chi connectivity index (χ2n) is 6.70. The maximum absolute atomic E-state index is 12.5. The minimum Gasteiger partial charge on any atom is -0.342 e. The highest BCUT2D eigenvalue weighted by atomic mass is 35.5. The summed E-state index contributed by atoms with van der Waals surface area (Å²) in [6, 6.07) is 6.56. The second-order valence-corrected chi connectivity index (χ2v) is 10.4. The maximum Gasteiger partial charge on any atom is 0.293 e. The number of rotatable bonds is 5. The van der Waals surface area contributed by atoms with Gasteiger partial charge in [0.25, 0.3) is 11.1 Å². The van der Waals surface area contributed by atoms with E-state index in [4.69, 9.17) is 11.6 Å². The minimum atomic E-state index is -3.10. The average Bonchev–Trinajstić information content (AvgIpc) is 3.11. The van der Waals surface area contributed by atoms with Crippen molar-refractivity contribution in [3.05, 3.63) is 39.8 Å². The van der Waals surface area contributed by atoms with E-state index in [1.165, 1.54) is 4.90 Å². The molecule has 0 bridgehead atoms. The summed E-state index contributed by atoms with van der Waals surface area (Å²) in [7, 11) is -1.54. The van der Waals surface area contributed by atoms with Crippen LogP contribution >= 0.6 is 23.4 Å².